The Balaban J connectivity index is 2.57. The minimum atomic E-state index is -0.256. The molecule has 1 rings (SSSR count). The first-order valence-corrected chi connectivity index (χ1v) is 4.93. The Bertz CT molecular complexity index is 345. The van der Waals surface area contributed by atoms with E-state index in [2.05, 4.69) is 0 Å². The summed E-state index contributed by atoms with van der Waals surface area (Å²) in [7, 11) is 0. The number of allylic oxidation sites excluding steroid dienone is 1. The van der Waals surface area contributed by atoms with Crippen molar-refractivity contribution in [1.82, 2.24) is 0 Å². The fourth-order valence-corrected chi connectivity index (χ4v) is 0.999. The van der Waals surface area contributed by atoms with Crippen LogP contribution in [-0.4, -0.2) is 11.4 Å². The Labute approximate surface area is 90.6 Å². The van der Waals surface area contributed by atoms with Gasteiger partial charge < -0.3 is 4.74 Å². The van der Waals surface area contributed by atoms with Crippen molar-refractivity contribution in [2.24, 2.45) is 0 Å². The van der Waals surface area contributed by atoms with Gasteiger partial charge in [0.2, 0.25) is 0 Å². The summed E-state index contributed by atoms with van der Waals surface area (Å²) in [5.74, 6) is -0.0418. The fraction of sp³-hybridized carbons (Fsp3) is 0.308. The average Bonchev–Trinajstić information content (AvgIpc) is 2.17. The SMILES string of the molecule is CC(C)(C)O/C=C\C(=O)c1ccccc1. The van der Waals surface area contributed by atoms with Gasteiger partial charge in [-0.1, -0.05) is 30.3 Å². The molecule has 0 fully saturated rings. The molecule has 0 saturated carbocycles. The number of hydrogen-bond donors (Lipinski definition) is 0. The van der Waals surface area contributed by atoms with E-state index in [-0.39, 0.29) is 11.4 Å². The lowest BCUT2D eigenvalue weighted by atomic mass is 10.1. The average molecular weight is 204 g/mol. The Morgan fingerprint density at radius 3 is 2.33 bits per heavy atom. The van der Waals surface area contributed by atoms with E-state index >= 15 is 0 Å². The molecule has 0 aromatic heterocycles. The van der Waals surface area contributed by atoms with Crippen LogP contribution in [0.15, 0.2) is 42.7 Å². The summed E-state index contributed by atoms with van der Waals surface area (Å²) >= 11 is 0. The second kappa shape index (κ2) is 4.78. The summed E-state index contributed by atoms with van der Waals surface area (Å²) in [5.41, 5.74) is 0.416. The minimum absolute atomic E-state index is 0.0418. The third kappa shape index (κ3) is 4.45. The smallest absolute Gasteiger partial charge is 0.188 e. The highest BCUT2D eigenvalue weighted by molar-refractivity contribution is 6.04. The number of carbonyl (C=O) groups excluding carboxylic acids is 1. The molecular formula is C13H16O2. The molecule has 0 heterocycles. The van der Waals surface area contributed by atoms with Gasteiger partial charge in [0, 0.05) is 11.6 Å². The summed E-state index contributed by atoms with van der Waals surface area (Å²) in [6.45, 7) is 5.80. The zero-order valence-corrected chi connectivity index (χ0v) is 9.36. The van der Waals surface area contributed by atoms with Crippen LogP contribution in [0.2, 0.25) is 0 Å². The molecule has 15 heavy (non-hydrogen) atoms. The van der Waals surface area contributed by atoms with Gasteiger partial charge in [-0.2, -0.15) is 0 Å². The van der Waals surface area contributed by atoms with E-state index in [1.807, 2.05) is 39.0 Å². The van der Waals surface area contributed by atoms with Crippen LogP contribution in [0, 0.1) is 0 Å². The summed E-state index contributed by atoms with van der Waals surface area (Å²) < 4.78 is 5.32. The van der Waals surface area contributed by atoms with E-state index in [4.69, 9.17) is 4.74 Å². The third-order valence-electron chi connectivity index (χ3n) is 1.70. The zero-order chi connectivity index (χ0) is 11.3. The standard InChI is InChI=1S/C13H16O2/c1-13(2,3)15-10-9-12(14)11-7-5-4-6-8-11/h4-10H,1-3H3/b10-9-. The van der Waals surface area contributed by atoms with Crippen LogP contribution in [-0.2, 0) is 4.74 Å². The lowest BCUT2D eigenvalue weighted by molar-refractivity contribution is 0.0754. The van der Waals surface area contributed by atoms with E-state index in [0.717, 1.165) is 0 Å². The molecule has 0 aliphatic carbocycles. The summed E-state index contributed by atoms with van der Waals surface area (Å²) in [6, 6.07) is 9.12. The van der Waals surface area contributed by atoms with Crippen LogP contribution < -0.4 is 0 Å². The largest absolute Gasteiger partial charge is 0.496 e. The molecule has 0 amide bonds. The van der Waals surface area contributed by atoms with Gasteiger partial charge in [-0.15, -0.1) is 0 Å². The van der Waals surface area contributed by atoms with Gasteiger partial charge in [-0.05, 0) is 20.8 Å². The molecule has 2 heteroatoms. The number of carbonyl (C=O) groups is 1. The lowest BCUT2D eigenvalue weighted by Crippen LogP contribution is -2.15. The van der Waals surface area contributed by atoms with Crippen molar-refractivity contribution in [3.8, 4) is 0 Å². The van der Waals surface area contributed by atoms with Gasteiger partial charge in [-0.3, -0.25) is 4.79 Å². The molecule has 1 aromatic rings. The second-order valence-electron chi connectivity index (χ2n) is 4.26. The highest BCUT2D eigenvalue weighted by Crippen LogP contribution is 2.07. The lowest BCUT2D eigenvalue weighted by Gasteiger charge is -2.17. The van der Waals surface area contributed by atoms with Gasteiger partial charge in [0.05, 0.1) is 11.9 Å². The third-order valence-corrected chi connectivity index (χ3v) is 1.70. The van der Waals surface area contributed by atoms with Crippen molar-refractivity contribution < 1.29 is 9.53 Å². The molecule has 80 valence electrons. The Morgan fingerprint density at radius 1 is 1.20 bits per heavy atom. The van der Waals surface area contributed by atoms with E-state index in [9.17, 15) is 4.79 Å². The monoisotopic (exact) mass is 204 g/mol. The van der Waals surface area contributed by atoms with Crippen molar-refractivity contribution >= 4 is 5.78 Å². The van der Waals surface area contributed by atoms with E-state index < -0.39 is 0 Å². The first-order valence-electron chi connectivity index (χ1n) is 4.93. The molecular weight excluding hydrogens is 188 g/mol. The topological polar surface area (TPSA) is 26.3 Å². The van der Waals surface area contributed by atoms with Crippen molar-refractivity contribution in [3.05, 3.63) is 48.2 Å². The number of rotatable bonds is 3. The molecule has 0 unspecified atom stereocenters. The number of ether oxygens (including phenoxy) is 1. The van der Waals surface area contributed by atoms with Crippen molar-refractivity contribution in [3.63, 3.8) is 0 Å². The number of hydrogen-bond acceptors (Lipinski definition) is 2. The molecule has 0 atom stereocenters. The molecule has 2 nitrogen and oxygen atoms in total. The molecule has 0 bridgehead atoms. The highest BCUT2D eigenvalue weighted by atomic mass is 16.5. The maximum absolute atomic E-state index is 11.6. The van der Waals surface area contributed by atoms with E-state index in [0.29, 0.717) is 5.56 Å². The Morgan fingerprint density at radius 2 is 1.80 bits per heavy atom. The maximum atomic E-state index is 11.6. The molecule has 0 aliphatic rings. The molecule has 0 radical (unpaired) electrons. The molecule has 0 N–H and O–H groups in total. The summed E-state index contributed by atoms with van der Waals surface area (Å²) in [4.78, 5) is 11.6. The predicted molar refractivity (Wildman–Crippen MR) is 60.8 cm³/mol. The first-order chi connectivity index (χ1) is 6.99. The summed E-state index contributed by atoms with van der Waals surface area (Å²) in [6.07, 6.45) is 2.90. The molecule has 0 saturated heterocycles. The Hall–Kier alpha value is -1.57. The quantitative estimate of drug-likeness (QED) is 0.429. The van der Waals surface area contributed by atoms with Crippen LogP contribution >= 0.6 is 0 Å². The van der Waals surface area contributed by atoms with E-state index in [1.54, 1.807) is 12.1 Å². The van der Waals surface area contributed by atoms with Crippen LogP contribution in [0.1, 0.15) is 31.1 Å². The van der Waals surface area contributed by atoms with Gasteiger partial charge in [-0.25, -0.2) is 0 Å². The van der Waals surface area contributed by atoms with Crippen LogP contribution in [0.25, 0.3) is 0 Å². The zero-order valence-electron chi connectivity index (χ0n) is 9.36. The number of benzene rings is 1. The number of ketones is 1. The fourth-order valence-electron chi connectivity index (χ4n) is 0.999. The second-order valence-corrected chi connectivity index (χ2v) is 4.26. The maximum Gasteiger partial charge on any atom is 0.188 e. The van der Waals surface area contributed by atoms with Gasteiger partial charge >= 0.3 is 0 Å². The van der Waals surface area contributed by atoms with Crippen LogP contribution in [0.5, 0.6) is 0 Å². The molecule has 0 spiro atoms. The van der Waals surface area contributed by atoms with Gasteiger partial charge in [0.1, 0.15) is 0 Å². The van der Waals surface area contributed by atoms with Crippen LogP contribution in [0.4, 0.5) is 0 Å². The molecule has 0 aliphatic heterocycles. The highest BCUT2D eigenvalue weighted by Gasteiger charge is 2.08. The predicted octanol–water partition coefficient (Wildman–Crippen LogP) is 3.20. The van der Waals surface area contributed by atoms with Gasteiger partial charge in [0.15, 0.2) is 5.78 Å². The Kier molecular flexibility index (Phi) is 3.67. The van der Waals surface area contributed by atoms with E-state index in [1.165, 1.54) is 12.3 Å². The van der Waals surface area contributed by atoms with Crippen molar-refractivity contribution in [2.45, 2.75) is 26.4 Å². The normalized spacial score (nSPS) is 11.7. The van der Waals surface area contributed by atoms with Crippen molar-refractivity contribution in [1.29, 1.82) is 0 Å². The first kappa shape index (κ1) is 11.5. The van der Waals surface area contributed by atoms with Gasteiger partial charge in [0.25, 0.3) is 0 Å². The van der Waals surface area contributed by atoms with Crippen molar-refractivity contribution in [2.75, 3.05) is 0 Å². The summed E-state index contributed by atoms with van der Waals surface area (Å²) in [5, 5.41) is 0. The molecule has 1 aromatic carbocycles. The van der Waals surface area contributed by atoms with Crippen LogP contribution in [0.3, 0.4) is 0 Å². The minimum Gasteiger partial charge on any atom is -0.496 e.